The van der Waals surface area contributed by atoms with Crippen LogP contribution in [-0.2, 0) is 17.8 Å². The Morgan fingerprint density at radius 1 is 1.53 bits per heavy atom. The van der Waals surface area contributed by atoms with E-state index >= 15 is 0 Å². The Balaban J connectivity index is 2.00. The van der Waals surface area contributed by atoms with Gasteiger partial charge in [-0.2, -0.15) is 0 Å². The molecule has 0 bridgehead atoms. The van der Waals surface area contributed by atoms with Gasteiger partial charge in [0.25, 0.3) is 0 Å². The van der Waals surface area contributed by atoms with Gasteiger partial charge in [-0.25, -0.2) is 0 Å². The molecule has 0 fully saturated rings. The van der Waals surface area contributed by atoms with Gasteiger partial charge in [-0.1, -0.05) is 24.3 Å². The van der Waals surface area contributed by atoms with E-state index in [-0.39, 0.29) is 24.6 Å². The Morgan fingerprint density at radius 2 is 2.24 bits per heavy atom. The number of benzene rings is 1. The summed E-state index contributed by atoms with van der Waals surface area (Å²) in [4.78, 5) is 11.9. The Morgan fingerprint density at radius 3 is 2.94 bits per heavy atom. The Hall–Kier alpha value is -1.39. The lowest BCUT2D eigenvalue weighted by Crippen LogP contribution is -2.50. The van der Waals surface area contributed by atoms with Crippen LogP contribution in [-0.4, -0.2) is 29.7 Å². The number of carbonyl (C=O) groups excluding carboxylic acids is 1. The average Bonchev–Trinajstić information content (AvgIpc) is 2.38. The van der Waals surface area contributed by atoms with Crippen LogP contribution in [0, 0.1) is 0 Å². The van der Waals surface area contributed by atoms with Gasteiger partial charge in [-0.05, 0) is 24.5 Å². The molecule has 0 saturated carbocycles. The topological polar surface area (TPSA) is 61.4 Å². The SMILES string of the molecule is C[C@H](CO)NC(=O)[C@@H]1Cc2ccccc2CN1. The third-order valence-corrected chi connectivity index (χ3v) is 3.06. The monoisotopic (exact) mass is 234 g/mol. The molecule has 0 aliphatic carbocycles. The first-order valence-corrected chi connectivity index (χ1v) is 5.92. The highest BCUT2D eigenvalue weighted by Gasteiger charge is 2.24. The predicted octanol–water partition coefficient (Wildman–Crippen LogP) is 0.198. The van der Waals surface area contributed by atoms with Crippen molar-refractivity contribution in [2.45, 2.75) is 32.0 Å². The van der Waals surface area contributed by atoms with Gasteiger partial charge in [0, 0.05) is 12.6 Å². The molecule has 3 N–H and O–H groups in total. The molecule has 92 valence electrons. The van der Waals surface area contributed by atoms with Gasteiger partial charge in [0.05, 0.1) is 12.6 Å². The fourth-order valence-corrected chi connectivity index (χ4v) is 2.03. The zero-order chi connectivity index (χ0) is 12.3. The van der Waals surface area contributed by atoms with Crippen molar-refractivity contribution >= 4 is 5.91 Å². The smallest absolute Gasteiger partial charge is 0.237 e. The van der Waals surface area contributed by atoms with Gasteiger partial charge in [0.2, 0.25) is 5.91 Å². The van der Waals surface area contributed by atoms with Gasteiger partial charge >= 0.3 is 0 Å². The fraction of sp³-hybridized carbons (Fsp3) is 0.462. The molecule has 0 aromatic heterocycles. The molecule has 1 aliphatic rings. The summed E-state index contributed by atoms with van der Waals surface area (Å²) < 4.78 is 0. The van der Waals surface area contributed by atoms with E-state index in [1.54, 1.807) is 6.92 Å². The number of rotatable bonds is 3. The van der Waals surface area contributed by atoms with Crippen LogP contribution in [0.2, 0.25) is 0 Å². The number of amides is 1. The number of nitrogens with one attached hydrogen (secondary N) is 2. The standard InChI is InChI=1S/C13H18N2O2/c1-9(8-16)15-13(17)12-6-10-4-2-3-5-11(10)7-14-12/h2-5,9,12,14,16H,6-8H2,1H3,(H,15,17)/t9-,12+/m1/s1. The summed E-state index contributed by atoms with van der Waals surface area (Å²) in [6.07, 6.45) is 0.708. The molecule has 0 spiro atoms. The summed E-state index contributed by atoms with van der Waals surface area (Å²) in [7, 11) is 0. The molecule has 1 aromatic rings. The van der Waals surface area contributed by atoms with E-state index in [0.717, 1.165) is 6.54 Å². The Bertz CT molecular complexity index is 406. The van der Waals surface area contributed by atoms with Crippen molar-refractivity contribution in [1.29, 1.82) is 0 Å². The number of aliphatic hydroxyl groups excluding tert-OH is 1. The summed E-state index contributed by atoms with van der Waals surface area (Å²) in [6.45, 7) is 2.48. The van der Waals surface area contributed by atoms with Crippen LogP contribution in [0.4, 0.5) is 0 Å². The highest BCUT2D eigenvalue weighted by atomic mass is 16.3. The third-order valence-electron chi connectivity index (χ3n) is 3.06. The second kappa shape index (κ2) is 5.29. The number of hydrogen-bond acceptors (Lipinski definition) is 3. The molecule has 2 rings (SSSR count). The van der Waals surface area contributed by atoms with Crippen LogP contribution in [0.5, 0.6) is 0 Å². The molecular weight excluding hydrogens is 216 g/mol. The maximum absolute atomic E-state index is 11.9. The fourth-order valence-electron chi connectivity index (χ4n) is 2.03. The van der Waals surface area contributed by atoms with Crippen molar-refractivity contribution in [2.75, 3.05) is 6.61 Å². The second-order valence-electron chi connectivity index (χ2n) is 4.50. The molecule has 1 amide bonds. The van der Waals surface area contributed by atoms with Crippen LogP contribution in [0.1, 0.15) is 18.1 Å². The van der Waals surface area contributed by atoms with E-state index in [2.05, 4.69) is 22.8 Å². The average molecular weight is 234 g/mol. The van der Waals surface area contributed by atoms with Gasteiger partial charge in [0.1, 0.15) is 0 Å². The predicted molar refractivity (Wildman–Crippen MR) is 65.5 cm³/mol. The first-order valence-electron chi connectivity index (χ1n) is 5.92. The number of fused-ring (bicyclic) bond motifs is 1. The minimum atomic E-state index is -0.195. The van der Waals surface area contributed by atoms with Gasteiger partial charge in [-0.3, -0.25) is 4.79 Å². The van der Waals surface area contributed by atoms with Crippen LogP contribution in [0.15, 0.2) is 24.3 Å². The molecule has 2 atom stereocenters. The largest absolute Gasteiger partial charge is 0.394 e. The van der Waals surface area contributed by atoms with Crippen molar-refractivity contribution in [3.63, 3.8) is 0 Å². The van der Waals surface area contributed by atoms with Gasteiger partial charge in [0.15, 0.2) is 0 Å². The van der Waals surface area contributed by atoms with Gasteiger partial charge < -0.3 is 15.7 Å². The lowest BCUT2D eigenvalue weighted by molar-refractivity contribution is -0.124. The summed E-state index contributed by atoms with van der Waals surface area (Å²) in [5.74, 6) is -0.0407. The summed E-state index contributed by atoms with van der Waals surface area (Å²) in [6, 6.07) is 7.75. The van der Waals surface area contributed by atoms with Crippen molar-refractivity contribution in [2.24, 2.45) is 0 Å². The molecule has 17 heavy (non-hydrogen) atoms. The highest BCUT2D eigenvalue weighted by molar-refractivity contribution is 5.82. The second-order valence-corrected chi connectivity index (χ2v) is 4.50. The van der Waals surface area contributed by atoms with E-state index in [1.807, 2.05) is 12.1 Å². The van der Waals surface area contributed by atoms with Crippen LogP contribution < -0.4 is 10.6 Å². The normalized spacial score (nSPS) is 20.5. The molecule has 4 heteroatoms. The minimum Gasteiger partial charge on any atom is -0.394 e. The number of hydrogen-bond donors (Lipinski definition) is 3. The first kappa shape index (κ1) is 12.1. The van der Waals surface area contributed by atoms with Crippen LogP contribution >= 0.6 is 0 Å². The minimum absolute atomic E-state index is 0.0327. The first-order chi connectivity index (χ1) is 8.20. The van der Waals surface area contributed by atoms with Crippen LogP contribution in [0.3, 0.4) is 0 Å². The highest BCUT2D eigenvalue weighted by Crippen LogP contribution is 2.16. The summed E-state index contributed by atoms with van der Waals surface area (Å²) in [5, 5.41) is 14.9. The maximum atomic E-state index is 11.9. The zero-order valence-electron chi connectivity index (χ0n) is 9.94. The zero-order valence-corrected chi connectivity index (χ0v) is 9.94. The van der Waals surface area contributed by atoms with Crippen molar-refractivity contribution in [3.8, 4) is 0 Å². The van der Waals surface area contributed by atoms with Crippen molar-refractivity contribution < 1.29 is 9.90 Å². The van der Waals surface area contributed by atoms with Crippen molar-refractivity contribution in [3.05, 3.63) is 35.4 Å². The van der Waals surface area contributed by atoms with Crippen LogP contribution in [0.25, 0.3) is 0 Å². The maximum Gasteiger partial charge on any atom is 0.237 e. The lowest BCUT2D eigenvalue weighted by Gasteiger charge is -2.26. The van der Waals surface area contributed by atoms with Crippen molar-refractivity contribution in [1.82, 2.24) is 10.6 Å². The van der Waals surface area contributed by atoms with E-state index in [0.29, 0.717) is 6.42 Å². The lowest BCUT2D eigenvalue weighted by atomic mass is 9.95. The molecule has 0 radical (unpaired) electrons. The molecule has 1 heterocycles. The molecule has 4 nitrogen and oxygen atoms in total. The summed E-state index contributed by atoms with van der Waals surface area (Å²) >= 11 is 0. The van der Waals surface area contributed by atoms with E-state index in [4.69, 9.17) is 5.11 Å². The third kappa shape index (κ3) is 2.84. The Kier molecular flexibility index (Phi) is 3.76. The number of carbonyl (C=O) groups is 1. The van der Waals surface area contributed by atoms with E-state index in [9.17, 15) is 4.79 Å². The Labute approximate surface area is 101 Å². The van der Waals surface area contributed by atoms with Gasteiger partial charge in [-0.15, -0.1) is 0 Å². The molecular formula is C13H18N2O2. The van der Waals surface area contributed by atoms with E-state index < -0.39 is 0 Å². The summed E-state index contributed by atoms with van der Waals surface area (Å²) in [5.41, 5.74) is 2.48. The molecule has 1 aromatic carbocycles. The molecule has 0 saturated heterocycles. The molecule has 1 aliphatic heterocycles. The van der Waals surface area contributed by atoms with E-state index in [1.165, 1.54) is 11.1 Å². The number of aliphatic hydroxyl groups is 1. The quantitative estimate of drug-likeness (QED) is 0.700. The molecule has 0 unspecified atom stereocenters.